The molecule has 0 bridgehead atoms. The molecule has 1 atom stereocenters. The van der Waals surface area contributed by atoms with E-state index in [1.165, 1.54) is 26.6 Å². The molecule has 5 nitrogen and oxygen atoms in total. The third-order valence-electron chi connectivity index (χ3n) is 3.49. The number of aldehydes is 1. The van der Waals surface area contributed by atoms with Gasteiger partial charge in [-0.1, -0.05) is 29.3 Å². The molecule has 0 saturated heterocycles. The molecule has 1 heterocycles. The molecular weight excluding hydrogens is 353 g/mol. The number of halogens is 2. The van der Waals surface area contributed by atoms with Gasteiger partial charge in [-0.3, -0.25) is 4.98 Å². The summed E-state index contributed by atoms with van der Waals surface area (Å²) in [6.45, 7) is 2.26. The SMILES string of the molecule is CCOc1c(OC)ccc(C(C=O)c2c(Cl)cncc2Cl)c1OC. The first-order valence-electron chi connectivity index (χ1n) is 7.20. The van der Waals surface area contributed by atoms with Crippen LogP contribution in [0.25, 0.3) is 0 Å². The molecule has 0 aliphatic rings. The largest absolute Gasteiger partial charge is 0.493 e. The second-order valence-electron chi connectivity index (χ2n) is 4.78. The molecule has 2 rings (SSSR count). The monoisotopic (exact) mass is 369 g/mol. The number of hydrogen-bond acceptors (Lipinski definition) is 5. The van der Waals surface area contributed by atoms with Gasteiger partial charge in [0.15, 0.2) is 11.5 Å². The second kappa shape index (κ2) is 8.22. The lowest BCUT2D eigenvalue weighted by Gasteiger charge is -2.21. The van der Waals surface area contributed by atoms with Gasteiger partial charge in [0.1, 0.15) is 6.29 Å². The zero-order valence-corrected chi connectivity index (χ0v) is 15.0. The molecule has 2 aromatic rings. The fourth-order valence-corrected chi connectivity index (χ4v) is 3.07. The molecule has 128 valence electrons. The zero-order valence-electron chi connectivity index (χ0n) is 13.5. The fourth-order valence-electron chi connectivity index (χ4n) is 2.47. The van der Waals surface area contributed by atoms with Crippen LogP contribution in [0, 0.1) is 0 Å². The average Bonchev–Trinajstić information content (AvgIpc) is 2.58. The van der Waals surface area contributed by atoms with E-state index >= 15 is 0 Å². The van der Waals surface area contributed by atoms with E-state index in [4.69, 9.17) is 37.4 Å². The third-order valence-corrected chi connectivity index (χ3v) is 4.09. The lowest BCUT2D eigenvalue weighted by molar-refractivity contribution is -0.108. The van der Waals surface area contributed by atoms with Crippen molar-refractivity contribution in [2.75, 3.05) is 20.8 Å². The van der Waals surface area contributed by atoms with Gasteiger partial charge in [-0.15, -0.1) is 0 Å². The predicted octanol–water partition coefficient (Wildman–Crippen LogP) is 4.14. The normalized spacial score (nSPS) is 11.7. The summed E-state index contributed by atoms with van der Waals surface area (Å²) >= 11 is 12.4. The minimum absolute atomic E-state index is 0.301. The van der Waals surface area contributed by atoms with E-state index in [-0.39, 0.29) is 0 Å². The van der Waals surface area contributed by atoms with Crippen LogP contribution in [-0.4, -0.2) is 32.1 Å². The molecule has 1 aromatic heterocycles. The Bertz CT molecular complexity index is 717. The van der Waals surface area contributed by atoms with Crippen LogP contribution in [0.1, 0.15) is 24.0 Å². The van der Waals surface area contributed by atoms with Crippen molar-refractivity contribution in [3.8, 4) is 17.2 Å². The van der Waals surface area contributed by atoms with E-state index in [0.29, 0.717) is 45.0 Å². The molecule has 0 N–H and O–H groups in total. The van der Waals surface area contributed by atoms with Gasteiger partial charge < -0.3 is 19.0 Å². The number of nitrogens with zero attached hydrogens (tertiary/aromatic N) is 1. The Kier molecular flexibility index (Phi) is 6.29. The number of carbonyl (C=O) groups excluding carboxylic acids is 1. The van der Waals surface area contributed by atoms with Gasteiger partial charge in [0.05, 0.1) is 36.8 Å². The van der Waals surface area contributed by atoms with E-state index in [2.05, 4.69) is 4.98 Å². The predicted molar refractivity (Wildman–Crippen MR) is 92.9 cm³/mol. The van der Waals surface area contributed by atoms with E-state index in [1.807, 2.05) is 6.92 Å². The summed E-state index contributed by atoms with van der Waals surface area (Å²) in [5, 5.41) is 0.603. The maximum absolute atomic E-state index is 11.8. The molecule has 0 saturated carbocycles. The highest BCUT2D eigenvalue weighted by Crippen LogP contribution is 2.45. The van der Waals surface area contributed by atoms with Crippen molar-refractivity contribution < 1.29 is 19.0 Å². The van der Waals surface area contributed by atoms with Crippen LogP contribution < -0.4 is 14.2 Å². The summed E-state index contributed by atoms with van der Waals surface area (Å²) in [5.41, 5.74) is 1.04. The Labute approximate surface area is 150 Å². The van der Waals surface area contributed by atoms with E-state index in [9.17, 15) is 4.79 Å². The quantitative estimate of drug-likeness (QED) is 0.686. The Morgan fingerprint density at radius 2 is 1.79 bits per heavy atom. The highest BCUT2D eigenvalue weighted by molar-refractivity contribution is 6.36. The Morgan fingerprint density at radius 1 is 1.12 bits per heavy atom. The molecule has 0 radical (unpaired) electrons. The molecule has 1 aromatic carbocycles. The Morgan fingerprint density at radius 3 is 2.29 bits per heavy atom. The summed E-state index contributed by atoms with van der Waals surface area (Å²) < 4.78 is 16.4. The van der Waals surface area contributed by atoms with Crippen molar-refractivity contribution in [3.05, 3.63) is 45.7 Å². The number of aromatic nitrogens is 1. The van der Waals surface area contributed by atoms with Crippen LogP contribution in [0.4, 0.5) is 0 Å². The van der Waals surface area contributed by atoms with E-state index in [0.717, 1.165) is 6.29 Å². The van der Waals surface area contributed by atoms with Crippen molar-refractivity contribution in [3.63, 3.8) is 0 Å². The third kappa shape index (κ3) is 3.42. The van der Waals surface area contributed by atoms with E-state index in [1.54, 1.807) is 12.1 Å². The van der Waals surface area contributed by atoms with Crippen molar-refractivity contribution in [2.45, 2.75) is 12.8 Å². The molecule has 0 fully saturated rings. The molecule has 0 spiro atoms. The molecule has 7 heteroatoms. The zero-order chi connectivity index (χ0) is 17.7. The van der Waals surface area contributed by atoms with Gasteiger partial charge in [-0.25, -0.2) is 0 Å². The smallest absolute Gasteiger partial charge is 0.203 e. The highest BCUT2D eigenvalue weighted by atomic mass is 35.5. The Balaban J connectivity index is 2.69. The fraction of sp³-hybridized carbons (Fsp3) is 0.294. The maximum atomic E-state index is 11.8. The topological polar surface area (TPSA) is 57.7 Å². The average molecular weight is 370 g/mol. The van der Waals surface area contributed by atoms with Crippen LogP contribution >= 0.6 is 23.2 Å². The summed E-state index contributed by atoms with van der Waals surface area (Å²) in [6.07, 6.45) is 3.64. The lowest BCUT2D eigenvalue weighted by Crippen LogP contribution is -2.09. The van der Waals surface area contributed by atoms with E-state index < -0.39 is 5.92 Å². The van der Waals surface area contributed by atoms with Gasteiger partial charge in [0.2, 0.25) is 5.75 Å². The minimum Gasteiger partial charge on any atom is -0.493 e. The van der Waals surface area contributed by atoms with Crippen molar-refractivity contribution in [1.82, 2.24) is 4.98 Å². The molecule has 24 heavy (non-hydrogen) atoms. The number of rotatable bonds is 7. The maximum Gasteiger partial charge on any atom is 0.203 e. The van der Waals surface area contributed by atoms with Crippen LogP contribution in [0.2, 0.25) is 10.0 Å². The van der Waals surface area contributed by atoms with Gasteiger partial charge >= 0.3 is 0 Å². The summed E-state index contributed by atoms with van der Waals surface area (Å²) in [6, 6.07) is 3.44. The number of hydrogen-bond donors (Lipinski definition) is 0. The van der Waals surface area contributed by atoms with Crippen molar-refractivity contribution in [1.29, 1.82) is 0 Å². The molecule has 0 aliphatic heterocycles. The van der Waals surface area contributed by atoms with Crippen molar-refractivity contribution in [2.24, 2.45) is 0 Å². The van der Waals surface area contributed by atoms with Crippen LogP contribution in [0.5, 0.6) is 17.2 Å². The molecule has 0 aliphatic carbocycles. The van der Waals surface area contributed by atoms with Crippen LogP contribution in [0.3, 0.4) is 0 Å². The van der Waals surface area contributed by atoms with Gasteiger partial charge in [-0.2, -0.15) is 0 Å². The first kappa shape index (κ1) is 18.4. The number of benzene rings is 1. The summed E-state index contributed by atoms with van der Waals surface area (Å²) in [4.78, 5) is 15.8. The molecule has 1 unspecified atom stereocenters. The number of ether oxygens (including phenoxy) is 3. The van der Waals surface area contributed by atoms with Gasteiger partial charge in [0, 0.05) is 23.5 Å². The minimum atomic E-state index is -0.729. The number of pyridine rings is 1. The van der Waals surface area contributed by atoms with Crippen molar-refractivity contribution >= 4 is 29.5 Å². The number of carbonyl (C=O) groups is 1. The molecule has 0 amide bonds. The van der Waals surface area contributed by atoms with Gasteiger partial charge in [-0.05, 0) is 13.0 Å². The van der Waals surface area contributed by atoms with Gasteiger partial charge in [0.25, 0.3) is 0 Å². The highest BCUT2D eigenvalue weighted by Gasteiger charge is 2.27. The standard InChI is InChI=1S/C17H17Cl2NO4/c1-4-24-17-14(22-2)6-5-10(16(17)23-3)11(9-21)15-12(18)7-20-8-13(15)19/h5-9,11H,4H2,1-3H3. The first-order chi connectivity index (χ1) is 11.6. The van der Waals surface area contributed by atoms with Crippen LogP contribution in [-0.2, 0) is 4.79 Å². The Hall–Kier alpha value is -1.98. The lowest BCUT2D eigenvalue weighted by atomic mass is 9.92. The summed E-state index contributed by atoms with van der Waals surface area (Å²) in [7, 11) is 3.03. The number of methoxy groups -OCH3 is 2. The molecular formula is C17H17Cl2NO4. The summed E-state index contributed by atoms with van der Waals surface area (Å²) in [5.74, 6) is 0.604. The van der Waals surface area contributed by atoms with Crippen LogP contribution in [0.15, 0.2) is 24.5 Å². The first-order valence-corrected chi connectivity index (χ1v) is 7.96. The second-order valence-corrected chi connectivity index (χ2v) is 5.60.